The molecule has 0 heterocycles. The Morgan fingerprint density at radius 1 is 0.833 bits per heavy atom. The van der Waals surface area contributed by atoms with E-state index < -0.39 is 0 Å². The standard InChI is InChI=1S/C13H30N4O/c1-3-5-7-9-11-16(13(18)17(14)15)12-10-8-6-4-2/h3-12,14-15H2,1-2H3. The zero-order valence-corrected chi connectivity index (χ0v) is 12.0. The SMILES string of the molecule is CCCCCCN(CCCCCC)C(=O)N(N)N. The van der Waals surface area contributed by atoms with Crippen LogP contribution in [-0.2, 0) is 0 Å². The predicted octanol–water partition coefficient (Wildman–Crippen LogP) is 2.62. The number of unbranched alkanes of at least 4 members (excludes halogenated alkanes) is 6. The van der Waals surface area contributed by atoms with E-state index in [0.717, 1.165) is 38.8 Å². The highest BCUT2D eigenvalue weighted by Gasteiger charge is 2.15. The van der Waals surface area contributed by atoms with Gasteiger partial charge in [0.15, 0.2) is 0 Å². The molecule has 18 heavy (non-hydrogen) atoms. The van der Waals surface area contributed by atoms with E-state index in [1.54, 1.807) is 4.90 Å². The lowest BCUT2D eigenvalue weighted by Gasteiger charge is -2.25. The Balaban J connectivity index is 3.96. The van der Waals surface area contributed by atoms with E-state index in [9.17, 15) is 4.79 Å². The van der Waals surface area contributed by atoms with Crippen molar-refractivity contribution in [1.29, 1.82) is 0 Å². The molecule has 108 valence electrons. The number of hydrogen-bond acceptors (Lipinski definition) is 3. The number of carbonyl (C=O) groups excluding carboxylic acids is 1. The molecule has 0 unspecified atom stereocenters. The molecule has 0 atom stereocenters. The largest absolute Gasteiger partial charge is 0.348 e. The lowest BCUT2D eigenvalue weighted by molar-refractivity contribution is 0.152. The van der Waals surface area contributed by atoms with Gasteiger partial charge in [0.2, 0.25) is 0 Å². The first-order chi connectivity index (χ1) is 8.63. The molecule has 0 aliphatic heterocycles. The maximum atomic E-state index is 11.8. The molecular weight excluding hydrogens is 228 g/mol. The number of nitrogens with zero attached hydrogens (tertiary/aromatic N) is 2. The van der Waals surface area contributed by atoms with Gasteiger partial charge in [-0.25, -0.2) is 16.5 Å². The highest BCUT2D eigenvalue weighted by Crippen LogP contribution is 2.06. The van der Waals surface area contributed by atoms with Gasteiger partial charge in [0, 0.05) is 13.1 Å². The third-order valence-corrected chi connectivity index (χ3v) is 3.05. The van der Waals surface area contributed by atoms with Crippen molar-refractivity contribution in [2.24, 2.45) is 11.7 Å². The minimum absolute atomic E-state index is 0.275. The lowest BCUT2D eigenvalue weighted by atomic mass is 10.2. The van der Waals surface area contributed by atoms with Gasteiger partial charge < -0.3 is 4.90 Å². The normalized spacial score (nSPS) is 10.4. The van der Waals surface area contributed by atoms with Gasteiger partial charge in [-0.1, -0.05) is 52.4 Å². The van der Waals surface area contributed by atoms with Crippen molar-refractivity contribution in [2.75, 3.05) is 13.1 Å². The van der Waals surface area contributed by atoms with Crippen LogP contribution in [0.4, 0.5) is 4.79 Å². The van der Waals surface area contributed by atoms with Crippen LogP contribution in [0.15, 0.2) is 0 Å². The average Bonchev–Trinajstić information content (AvgIpc) is 2.36. The molecule has 5 heteroatoms. The summed E-state index contributed by atoms with van der Waals surface area (Å²) in [7, 11) is 0. The summed E-state index contributed by atoms with van der Waals surface area (Å²) in [5.74, 6) is 10.6. The van der Waals surface area contributed by atoms with E-state index >= 15 is 0 Å². The first-order valence-corrected chi connectivity index (χ1v) is 7.21. The predicted molar refractivity (Wildman–Crippen MR) is 75.5 cm³/mol. The van der Waals surface area contributed by atoms with Gasteiger partial charge in [0.25, 0.3) is 0 Å². The summed E-state index contributed by atoms with van der Waals surface area (Å²) in [6, 6.07) is -0.275. The van der Waals surface area contributed by atoms with E-state index in [2.05, 4.69) is 13.8 Å². The van der Waals surface area contributed by atoms with Crippen LogP contribution in [0.1, 0.15) is 65.2 Å². The number of carbonyl (C=O) groups is 1. The van der Waals surface area contributed by atoms with Crippen LogP contribution in [0, 0.1) is 0 Å². The van der Waals surface area contributed by atoms with Gasteiger partial charge in [-0.3, -0.25) is 0 Å². The molecule has 0 saturated heterocycles. The molecule has 0 saturated carbocycles. The summed E-state index contributed by atoms with van der Waals surface area (Å²) in [5.41, 5.74) is 0. The smallest absolute Gasteiger partial charge is 0.322 e. The molecule has 4 N–H and O–H groups in total. The van der Waals surface area contributed by atoms with Crippen molar-refractivity contribution in [1.82, 2.24) is 10.0 Å². The van der Waals surface area contributed by atoms with Crippen LogP contribution in [0.5, 0.6) is 0 Å². The molecule has 0 aromatic rings. The number of hydrogen-bond donors (Lipinski definition) is 2. The van der Waals surface area contributed by atoms with Gasteiger partial charge in [0.05, 0.1) is 0 Å². The van der Waals surface area contributed by atoms with Crippen LogP contribution in [0.25, 0.3) is 0 Å². The molecule has 0 aromatic heterocycles. The second-order valence-electron chi connectivity index (χ2n) is 4.80. The average molecular weight is 258 g/mol. The van der Waals surface area contributed by atoms with Gasteiger partial charge in [-0.2, -0.15) is 5.12 Å². The van der Waals surface area contributed by atoms with Crippen molar-refractivity contribution in [3.8, 4) is 0 Å². The van der Waals surface area contributed by atoms with Crippen LogP contribution >= 0.6 is 0 Å². The van der Waals surface area contributed by atoms with Crippen LogP contribution in [-0.4, -0.2) is 29.1 Å². The summed E-state index contributed by atoms with van der Waals surface area (Å²) in [5, 5.41) is 0.694. The fourth-order valence-corrected chi connectivity index (χ4v) is 1.93. The topological polar surface area (TPSA) is 75.6 Å². The summed E-state index contributed by atoms with van der Waals surface area (Å²) in [6.07, 6.45) is 9.20. The van der Waals surface area contributed by atoms with E-state index in [0.29, 0.717) is 5.12 Å². The van der Waals surface area contributed by atoms with Crippen molar-refractivity contribution in [3.63, 3.8) is 0 Å². The number of rotatable bonds is 10. The van der Waals surface area contributed by atoms with Crippen molar-refractivity contribution in [3.05, 3.63) is 0 Å². The van der Waals surface area contributed by atoms with Gasteiger partial charge in [0.1, 0.15) is 0 Å². The third kappa shape index (κ3) is 8.31. The summed E-state index contributed by atoms with van der Waals surface area (Å²) in [6.45, 7) is 5.87. The highest BCUT2D eigenvalue weighted by atomic mass is 16.2. The quantitative estimate of drug-likeness (QED) is 0.274. The molecule has 0 bridgehead atoms. The maximum absolute atomic E-state index is 11.8. The maximum Gasteiger partial charge on any atom is 0.348 e. The van der Waals surface area contributed by atoms with E-state index in [-0.39, 0.29) is 6.03 Å². The summed E-state index contributed by atoms with van der Waals surface area (Å²) < 4.78 is 0. The molecule has 0 fully saturated rings. The lowest BCUT2D eigenvalue weighted by Crippen LogP contribution is -2.51. The Bertz CT molecular complexity index is 197. The third-order valence-electron chi connectivity index (χ3n) is 3.05. The Kier molecular flexibility index (Phi) is 10.8. The Hall–Kier alpha value is -0.810. The molecule has 0 radical (unpaired) electrons. The minimum atomic E-state index is -0.275. The minimum Gasteiger partial charge on any atom is -0.322 e. The fraction of sp³-hybridized carbons (Fsp3) is 0.923. The Morgan fingerprint density at radius 2 is 1.28 bits per heavy atom. The number of nitrogens with two attached hydrogens (primary N) is 2. The summed E-state index contributed by atoms with van der Waals surface area (Å²) >= 11 is 0. The molecule has 0 aromatic carbocycles. The van der Waals surface area contributed by atoms with Crippen LogP contribution < -0.4 is 11.7 Å². The Morgan fingerprint density at radius 3 is 1.61 bits per heavy atom. The second-order valence-corrected chi connectivity index (χ2v) is 4.80. The molecule has 0 aliphatic carbocycles. The first-order valence-electron chi connectivity index (χ1n) is 7.21. The molecule has 2 amide bonds. The van der Waals surface area contributed by atoms with Gasteiger partial charge in [-0.15, -0.1) is 0 Å². The van der Waals surface area contributed by atoms with E-state index in [1.807, 2.05) is 0 Å². The van der Waals surface area contributed by atoms with Gasteiger partial charge >= 0.3 is 6.03 Å². The molecule has 0 aliphatic rings. The zero-order valence-electron chi connectivity index (χ0n) is 12.0. The molecule has 0 rings (SSSR count). The van der Waals surface area contributed by atoms with Crippen molar-refractivity contribution < 1.29 is 4.79 Å². The summed E-state index contributed by atoms with van der Waals surface area (Å²) in [4.78, 5) is 13.5. The highest BCUT2D eigenvalue weighted by molar-refractivity contribution is 5.73. The zero-order chi connectivity index (χ0) is 13.8. The monoisotopic (exact) mass is 258 g/mol. The van der Waals surface area contributed by atoms with Crippen LogP contribution in [0.2, 0.25) is 0 Å². The fourth-order valence-electron chi connectivity index (χ4n) is 1.93. The van der Waals surface area contributed by atoms with E-state index in [1.165, 1.54) is 25.7 Å². The second kappa shape index (κ2) is 11.3. The van der Waals surface area contributed by atoms with Crippen molar-refractivity contribution >= 4 is 6.03 Å². The van der Waals surface area contributed by atoms with Gasteiger partial charge in [-0.05, 0) is 12.8 Å². The van der Waals surface area contributed by atoms with Crippen molar-refractivity contribution in [2.45, 2.75) is 65.2 Å². The number of urea groups is 1. The molecule has 0 spiro atoms. The molecule has 5 nitrogen and oxygen atoms in total. The Labute approximate surface area is 111 Å². The molecular formula is C13H30N4O. The first kappa shape index (κ1) is 17.2. The van der Waals surface area contributed by atoms with E-state index in [4.69, 9.17) is 11.7 Å². The number of hydrazine groups is 2. The number of amides is 2. The van der Waals surface area contributed by atoms with Crippen LogP contribution in [0.3, 0.4) is 0 Å².